The summed E-state index contributed by atoms with van der Waals surface area (Å²) in [4.78, 5) is 12.6. The first-order chi connectivity index (χ1) is 16.5. The van der Waals surface area contributed by atoms with Gasteiger partial charge in [0.05, 0.1) is 5.92 Å². The van der Waals surface area contributed by atoms with Crippen molar-refractivity contribution in [2.75, 3.05) is 0 Å². The summed E-state index contributed by atoms with van der Waals surface area (Å²) in [5, 5.41) is 0. The minimum atomic E-state index is -4.73. The van der Waals surface area contributed by atoms with Crippen molar-refractivity contribution in [2.24, 2.45) is 17.8 Å². The SMILES string of the molecule is CCCC(C)C1CCC(C(=O)Oc2ccc(-c3cc(F)c(/C=C/C(F)(F)F)c(F)c3)c(F)c2)CC1. The lowest BCUT2D eigenvalue weighted by Gasteiger charge is -2.31. The number of hydrogen-bond acceptors (Lipinski definition) is 2. The van der Waals surface area contributed by atoms with Crippen LogP contribution in [0.25, 0.3) is 17.2 Å². The van der Waals surface area contributed by atoms with Crippen LogP contribution in [0.3, 0.4) is 0 Å². The van der Waals surface area contributed by atoms with Gasteiger partial charge in [0.2, 0.25) is 0 Å². The first kappa shape index (κ1) is 26.8. The number of esters is 1. The highest BCUT2D eigenvalue weighted by Gasteiger charge is 2.30. The molecule has 1 unspecified atom stereocenters. The Morgan fingerprint density at radius 1 is 1.03 bits per heavy atom. The second-order valence-electron chi connectivity index (χ2n) is 9.17. The Balaban J connectivity index is 1.68. The molecule has 0 saturated heterocycles. The third-order valence-electron chi connectivity index (χ3n) is 6.64. The fraction of sp³-hybridized carbons (Fsp3) is 0.444. The standard InChI is InChI=1S/C27H28F6O2/c1-3-4-16(2)17-5-7-18(8-6-17)26(34)35-20-9-10-21(25(30)15-20)19-13-23(28)22(24(29)14-19)11-12-27(31,32)33/h9-18H,3-8H2,1-2H3/b12-11+. The zero-order chi connectivity index (χ0) is 25.8. The van der Waals surface area contributed by atoms with Gasteiger partial charge in [-0.2, -0.15) is 13.2 Å². The van der Waals surface area contributed by atoms with Crippen molar-refractivity contribution in [2.45, 2.75) is 58.5 Å². The third kappa shape index (κ3) is 7.12. The summed E-state index contributed by atoms with van der Waals surface area (Å²) >= 11 is 0. The molecule has 8 heteroatoms. The molecule has 1 fully saturated rings. The number of alkyl halides is 3. The molecular formula is C27H28F6O2. The molecule has 1 saturated carbocycles. The second-order valence-corrected chi connectivity index (χ2v) is 9.17. The van der Waals surface area contributed by atoms with E-state index in [-0.39, 0.29) is 34.9 Å². The monoisotopic (exact) mass is 498 g/mol. The first-order valence-electron chi connectivity index (χ1n) is 11.7. The van der Waals surface area contributed by atoms with Gasteiger partial charge in [-0.05, 0) is 73.4 Å². The maximum atomic E-state index is 14.7. The quantitative estimate of drug-likeness (QED) is 0.217. The van der Waals surface area contributed by atoms with Gasteiger partial charge in [0.1, 0.15) is 23.2 Å². The highest BCUT2D eigenvalue weighted by Crippen LogP contribution is 2.36. The highest BCUT2D eigenvalue weighted by molar-refractivity contribution is 5.76. The van der Waals surface area contributed by atoms with Crippen molar-refractivity contribution in [1.29, 1.82) is 0 Å². The van der Waals surface area contributed by atoms with E-state index in [1.807, 2.05) is 0 Å². The van der Waals surface area contributed by atoms with Crippen molar-refractivity contribution in [3.8, 4) is 16.9 Å². The van der Waals surface area contributed by atoms with Gasteiger partial charge >= 0.3 is 12.1 Å². The van der Waals surface area contributed by atoms with Gasteiger partial charge in [0.15, 0.2) is 0 Å². The van der Waals surface area contributed by atoms with E-state index in [1.54, 1.807) is 0 Å². The lowest BCUT2D eigenvalue weighted by atomic mass is 9.75. The average molecular weight is 499 g/mol. The largest absolute Gasteiger partial charge is 0.426 e. The predicted molar refractivity (Wildman–Crippen MR) is 122 cm³/mol. The van der Waals surface area contributed by atoms with Crippen molar-refractivity contribution in [3.05, 3.63) is 59.4 Å². The summed E-state index contributed by atoms with van der Waals surface area (Å²) in [7, 11) is 0. The fourth-order valence-electron chi connectivity index (χ4n) is 4.68. The van der Waals surface area contributed by atoms with Crippen LogP contribution in [0, 0.1) is 35.2 Å². The van der Waals surface area contributed by atoms with Crippen LogP contribution in [0.2, 0.25) is 0 Å². The van der Waals surface area contributed by atoms with Crippen LogP contribution in [0.1, 0.15) is 57.9 Å². The molecular weight excluding hydrogens is 470 g/mol. The van der Waals surface area contributed by atoms with Crippen LogP contribution in [-0.4, -0.2) is 12.1 Å². The molecule has 1 aliphatic rings. The van der Waals surface area contributed by atoms with Crippen LogP contribution in [0.4, 0.5) is 26.3 Å². The number of benzene rings is 2. The van der Waals surface area contributed by atoms with Crippen molar-refractivity contribution < 1.29 is 35.9 Å². The Bertz CT molecular complexity index is 1040. The summed E-state index contributed by atoms with van der Waals surface area (Å²) in [6.45, 7) is 4.39. The molecule has 2 aromatic carbocycles. The molecule has 3 rings (SSSR count). The fourth-order valence-corrected chi connectivity index (χ4v) is 4.68. The molecule has 2 nitrogen and oxygen atoms in total. The minimum absolute atomic E-state index is 0.0246. The molecule has 0 aliphatic heterocycles. The summed E-state index contributed by atoms with van der Waals surface area (Å²) < 4.78 is 85.5. The summed E-state index contributed by atoms with van der Waals surface area (Å²) in [6.07, 6.45) is 0.872. The van der Waals surface area contributed by atoms with E-state index in [0.29, 0.717) is 24.7 Å². The zero-order valence-electron chi connectivity index (χ0n) is 19.6. The van der Waals surface area contributed by atoms with Gasteiger partial charge in [-0.15, -0.1) is 0 Å². The van der Waals surface area contributed by atoms with Gasteiger partial charge < -0.3 is 4.74 Å². The Morgan fingerprint density at radius 3 is 2.20 bits per heavy atom. The predicted octanol–water partition coefficient (Wildman–Crippen LogP) is 8.49. The molecule has 0 amide bonds. The van der Waals surface area contributed by atoms with E-state index < -0.39 is 35.2 Å². The zero-order valence-corrected chi connectivity index (χ0v) is 19.6. The molecule has 2 aromatic rings. The molecule has 0 aromatic heterocycles. The number of carbonyl (C=O) groups excluding carboxylic acids is 1. The lowest BCUT2D eigenvalue weighted by molar-refractivity contribution is -0.140. The Labute approximate surface area is 201 Å². The Morgan fingerprint density at radius 2 is 1.66 bits per heavy atom. The van der Waals surface area contributed by atoms with Crippen LogP contribution < -0.4 is 4.74 Å². The van der Waals surface area contributed by atoms with E-state index in [2.05, 4.69) is 13.8 Å². The van der Waals surface area contributed by atoms with Crippen molar-refractivity contribution >= 4 is 12.0 Å². The molecule has 1 aliphatic carbocycles. The minimum Gasteiger partial charge on any atom is -0.426 e. The van der Waals surface area contributed by atoms with Gasteiger partial charge in [-0.1, -0.05) is 26.7 Å². The summed E-state index contributed by atoms with van der Waals surface area (Å²) in [5.74, 6) is -2.93. The maximum Gasteiger partial charge on any atom is 0.409 e. The summed E-state index contributed by atoms with van der Waals surface area (Å²) in [6, 6.07) is 4.98. The van der Waals surface area contributed by atoms with Crippen LogP contribution in [0.5, 0.6) is 5.75 Å². The number of halogens is 6. The van der Waals surface area contributed by atoms with Gasteiger partial charge in [0.25, 0.3) is 0 Å². The average Bonchev–Trinajstić information content (AvgIpc) is 2.78. The molecule has 0 heterocycles. The molecule has 0 bridgehead atoms. The number of allylic oxidation sites excluding steroid dienone is 1. The second kappa shape index (κ2) is 11.3. The van der Waals surface area contributed by atoms with E-state index in [1.165, 1.54) is 12.1 Å². The number of rotatable bonds is 7. The van der Waals surface area contributed by atoms with Crippen molar-refractivity contribution in [1.82, 2.24) is 0 Å². The number of hydrogen-bond donors (Lipinski definition) is 0. The van der Waals surface area contributed by atoms with Crippen LogP contribution >= 0.6 is 0 Å². The van der Waals surface area contributed by atoms with E-state index in [9.17, 15) is 31.1 Å². The number of ether oxygens (including phenoxy) is 1. The Kier molecular flexibility index (Phi) is 8.67. The van der Waals surface area contributed by atoms with Gasteiger partial charge in [-0.3, -0.25) is 4.79 Å². The van der Waals surface area contributed by atoms with E-state index in [4.69, 9.17) is 4.74 Å². The topological polar surface area (TPSA) is 26.3 Å². The molecule has 0 spiro atoms. The number of carbonyl (C=O) groups is 1. The smallest absolute Gasteiger partial charge is 0.409 e. The Hall–Kier alpha value is -2.77. The van der Waals surface area contributed by atoms with Crippen LogP contribution in [-0.2, 0) is 4.79 Å². The van der Waals surface area contributed by atoms with Crippen LogP contribution in [0.15, 0.2) is 36.4 Å². The maximum absolute atomic E-state index is 14.7. The lowest BCUT2D eigenvalue weighted by Crippen LogP contribution is -2.27. The molecule has 190 valence electrons. The molecule has 35 heavy (non-hydrogen) atoms. The van der Waals surface area contributed by atoms with E-state index >= 15 is 0 Å². The molecule has 0 radical (unpaired) electrons. The highest BCUT2D eigenvalue weighted by atomic mass is 19.4. The molecule has 0 N–H and O–H groups in total. The normalized spacial score (nSPS) is 19.7. The summed E-state index contributed by atoms with van der Waals surface area (Å²) in [5.41, 5.74) is -1.26. The van der Waals surface area contributed by atoms with Crippen molar-refractivity contribution in [3.63, 3.8) is 0 Å². The van der Waals surface area contributed by atoms with Gasteiger partial charge in [-0.25, -0.2) is 13.2 Å². The molecule has 1 atom stereocenters. The third-order valence-corrected chi connectivity index (χ3v) is 6.64. The first-order valence-corrected chi connectivity index (χ1v) is 11.7. The van der Waals surface area contributed by atoms with E-state index in [0.717, 1.165) is 43.9 Å². The van der Waals surface area contributed by atoms with Gasteiger partial charge in [0, 0.05) is 23.3 Å².